The van der Waals surface area contributed by atoms with Crippen molar-refractivity contribution in [1.29, 1.82) is 0 Å². The number of hydrogen-bond acceptors (Lipinski definition) is 4. The molecule has 100 valence electrons. The van der Waals surface area contributed by atoms with Gasteiger partial charge in [0.2, 0.25) is 0 Å². The monoisotopic (exact) mass is 260 g/mol. The van der Waals surface area contributed by atoms with Gasteiger partial charge in [-0.15, -0.1) is 0 Å². The third-order valence-corrected chi connectivity index (χ3v) is 2.95. The average Bonchev–Trinajstić information content (AvgIpc) is 2.41. The van der Waals surface area contributed by atoms with Crippen molar-refractivity contribution in [3.63, 3.8) is 0 Å². The lowest BCUT2D eigenvalue weighted by atomic mass is 10.1. The predicted molar refractivity (Wildman–Crippen MR) is 74.4 cm³/mol. The first kappa shape index (κ1) is 13.3. The summed E-state index contributed by atoms with van der Waals surface area (Å²) >= 11 is 0. The van der Waals surface area contributed by atoms with Gasteiger partial charge in [-0.25, -0.2) is 14.4 Å². The van der Waals surface area contributed by atoms with E-state index in [0.717, 1.165) is 36.3 Å². The van der Waals surface area contributed by atoms with E-state index in [4.69, 9.17) is 5.73 Å². The zero-order valence-corrected chi connectivity index (χ0v) is 10.9. The zero-order chi connectivity index (χ0) is 13.7. The molecule has 0 aliphatic rings. The zero-order valence-electron chi connectivity index (χ0n) is 10.9. The summed E-state index contributed by atoms with van der Waals surface area (Å²) in [5, 5.41) is 3.24. The van der Waals surface area contributed by atoms with Crippen LogP contribution in [0.4, 0.5) is 16.0 Å². The van der Waals surface area contributed by atoms with Crippen molar-refractivity contribution in [2.45, 2.75) is 19.8 Å². The number of rotatable bonds is 5. The number of nitrogens with zero attached hydrogens (tertiary/aromatic N) is 2. The molecule has 0 amide bonds. The number of nitrogens with one attached hydrogen (secondary N) is 1. The molecule has 2 rings (SSSR count). The van der Waals surface area contributed by atoms with Crippen molar-refractivity contribution < 1.29 is 4.39 Å². The van der Waals surface area contributed by atoms with Gasteiger partial charge in [0.1, 0.15) is 23.8 Å². The second-order valence-corrected chi connectivity index (χ2v) is 4.24. The maximum absolute atomic E-state index is 12.8. The van der Waals surface area contributed by atoms with E-state index in [0.29, 0.717) is 5.82 Å². The lowest BCUT2D eigenvalue weighted by Crippen LogP contribution is -2.10. The van der Waals surface area contributed by atoms with Crippen LogP contribution >= 0.6 is 0 Å². The molecule has 4 nitrogen and oxygen atoms in total. The van der Waals surface area contributed by atoms with Gasteiger partial charge in [-0.3, -0.25) is 0 Å². The molecule has 2 aromatic rings. The van der Waals surface area contributed by atoms with Crippen LogP contribution in [0.15, 0.2) is 30.6 Å². The summed E-state index contributed by atoms with van der Waals surface area (Å²) in [6.07, 6.45) is 3.04. The summed E-state index contributed by atoms with van der Waals surface area (Å²) in [6, 6.07) is 6.50. The molecule has 0 aliphatic carbocycles. The first-order valence-corrected chi connectivity index (χ1v) is 6.28. The molecule has 3 N–H and O–H groups in total. The van der Waals surface area contributed by atoms with Crippen molar-refractivity contribution in [3.8, 4) is 0 Å². The first-order chi connectivity index (χ1) is 9.20. The molecular weight excluding hydrogens is 243 g/mol. The molecule has 0 atom stereocenters. The Morgan fingerprint density at radius 1 is 1.21 bits per heavy atom. The van der Waals surface area contributed by atoms with Gasteiger partial charge < -0.3 is 11.1 Å². The fraction of sp³-hybridized carbons (Fsp3) is 0.286. The van der Waals surface area contributed by atoms with Crippen molar-refractivity contribution in [1.82, 2.24) is 9.97 Å². The third kappa shape index (κ3) is 3.40. The molecule has 0 spiro atoms. The second kappa shape index (κ2) is 6.13. The smallest absolute Gasteiger partial charge is 0.134 e. The molecule has 19 heavy (non-hydrogen) atoms. The number of halogens is 1. The van der Waals surface area contributed by atoms with Crippen LogP contribution in [0.2, 0.25) is 0 Å². The number of benzene rings is 1. The molecule has 5 heteroatoms. The quantitative estimate of drug-likeness (QED) is 0.866. The van der Waals surface area contributed by atoms with Crippen LogP contribution in [-0.4, -0.2) is 16.5 Å². The summed E-state index contributed by atoms with van der Waals surface area (Å²) in [7, 11) is 0. The summed E-state index contributed by atoms with van der Waals surface area (Å²) in [5.41, 5.74) is 7.81. The standard InChI is InChI=1S/C14H17FN4/c1-2-12-13(16)18-9-19-14(12)17-8-7-10-3-5-11(15)6-4-10/h3-6,9H,2,7-8H2,1H3,(H3,16,17,18,19). The van der Waals surface area contributed by atoms with Crippen LogP contribution in [0.3, 0.4) is 0 Å². The third-order valence-electron chi connectivity index (χ3n) is 2.95. The van der Waals surface area contributed by atoms with E-state index in [1.807, 2.05) is 6.92 Å². The van der Waals surface area contributed by atoms with Crippen LogP contribution < -0.4 is 11.1 Å². The molecular formula is C14H17FN4. The fourth-order valence-corrected chi connectivity index (χ4v) is 1.90. The highest BCUT2D eigenvalue weighted by Crippen LogP contribution is 2.17. The fourth-order valence-electron chi connectivity index (χ4n) is 1.90. The minimum Gasteiger partial charge on any atom is -0.383 e. The Balaban J connectivity index is 1.96. The molecule has 0 radical (unpaired) electrons. The average molecular weight is 260 g/mol. The summed E-state index contributed by atoms with van der Waals surface area (Å²) in [6.45, 7) is 2.73. The van der Waals surface area contributed by atoms with Crippen LogP contribution in [0.1, 0.15) is 18.1 Å². The van der Waals surface area contributed by atoms with Crippen molar-refractivity contribution in [3.05, 3.63) is 47.5 Å². The number of anilines is 2. The van der Waals surface area contributed by atoms with Gasteiger partial charge in [-0.2, -0.15) is 0 Å². The topological polar surface area (TPSA) is 63.8 Å². The Labute approximate surface area is 111 Å². The molecule has 0 saturated carbocycles. The van der Waals surface area contributed by atoms with E-state index >= 15 is 0 Å². The van der Waals surface area contributed by atoms with Crippen molar-refractivity contribution in [2.75, 3.05) is 17.6 Å². The first-order valence-electron chi connectivity index (χ1n) is 6.28. The van der Waals surface area contributed by atoms with Crippen LogP contribution in [-0.2, 0) is 12.8 Å². The van der Waals surface area contributed by atoms with Crippen LogP contribution in [0.5, 0.6) is 0 Å². The highest BCUT2D eigenvalue weighted by Gasteiger charge is 2.06. The van der Waals surface area contributed by atoms with E-state index in [1.165, 1.54) is 18.5 Å². The van der Waals surface area contributed by atoms with Gasteiger partial charge in [-0.1, -0.05) is 19.1 Å². The van der Waals surface area contributed by atoms with Crippen LogP contribution in [0.25, 0.3) is 0 Å². The van der Waals surface area contributed by atoms with Gasteiger partial charge in [0.15, 0.2) is 0 Å². The predicted octanol–water partition coefficient (Wildman–Crippen LogP) is 2.41. The summed E-state index contributed by atoms with van der Waals surface area (Å²) in [5.74, 6) is 1.08. The van der Waals surface area contributed by atoms with Crippen molar-refractivity contribution >= 4 is 11.6 Å². The highest BCUT2D eigenvalue weighted by molar-refractivity contribution is 5.54. The van der Waals surface area contributed by atoms with E-state index in [9.17, 15) is 4.39 Å². The molecule has 0 saturated heterocycles. The Kier molecular flexibility index (Phi) is 4.28. The van der Waals surface area contributed by atoms with E-state index in [2.05, 4.69) is 15.3 Å². The van der Waals surface area contributed by atoms with Gasteiger partial charge in [0, 0.05) is 12.1 Å². The Hall–Kier alpha value is -2.17. The van der Waals surface area contributed by atoms with Gasteiger partial charge in [0.25, 0.3) is 0 Å². The lowest BCUT2D eigenvalue weighted by Gasteiger charge is -2.10. The molecule has 1 aromatic heterocycles. The molecule has 0 aliphatic heterocycles. The summed E-state index contributed by atoms with van der Waals surface area (Å²) in [4.78, 5) is 8.16. The number of nitrogen functional groups attached to an aromatic ring is 1. The molecule has 0 unspecified atom stereocenters. The molecule has 1 aromatic carbocycles. The minimum atomic E-state index is -0.214. The van der Waals surface area contributed by atoms with Gasteiger partial charge in [0.05, 0.1) is 0 Å². The molecule has 1 heterocycles. The second-order valence-electron chi connectivity index (χ2n) is 4.24. The van der Waals surface area contributed by atoms with Crippen LogP contribution in [0, 0.1) is 5.82 Å². The van der Waals surface area contributed by atoms with E-state index in [1.54, 1.807) is 12.1 Å². The molecule has 0 bridgehead atoms. The van der Waals surface area contributed by atoms with Gasteiger partial charge in [-0.05, 0) is 30.5 Å². The minimum absolute atomic E-state index is 0.214. The number of aromatic nitrogens is 2. The Bertz CT molecular complexity index is 540. The lowest BCUT2D eigenvalue weighted by molar-refractivity contribution is 0.627. The number of nitrogens with two attached hydrogens (primary N) is 1. The van der Waals surface area contributed by atoms with E-state index < -0.39 is 0 Å². The Morgan fingerprint density at radius 3 is 2.63 bits per heavy atom. The number of hydrogen-bond donors (Lipinski definition) is 2. The highest BCUT2D eigenvalue weighted by atomic mass is 19.1. The summed E-state index contributed by atoms with van der Waals surface area (Å²) < 4.78 is 12.8. The maximum atomic E-state index is 12.8. The largest absolute Gasteiger partial charge is 0.383 e. The Morgan fingerprint density at radius 2 is 1.95 bits per heavy atom. The molecule has 0 fully saturated rings. The van der Waals surface area contributed by atoms with Gasteiger partial charge >= 0.3 is 0 Å². The van der Waals surface area contributed by atoms with Crippen molar-refractivity contribution in [2.24, 2.45) is 0 Å². The van der Waals surface area contributed by atoms with E-state index in [-0.39, 0.29) is 5.82 Å². The normalized spacial score (nSPS) is 10.4. The SMILES string of the molecule is CCc1c(N)ncnc1NCCc1ccc(F)cc1. The maximum Gasteiger partial charge on any atom is 0.134 e.